The second-order valence-corrected chi connectivity index (χ2v) is 5.16. The Labute approximate surface area is 123 Å². The summed E-state index contributed by atoms with van der Waals surface area (Å²) in [6.07, 6.45) is -0.159. The van der Waals surface area contributed by atoms with Crippen LogP contribution in [0.1, 0.15) is 24.4 Å². The molecule has 1 aliphatic rings. The van der Waals surface area contributed by atoms with Crippen LogP contribution in [0.15, 0.2) is 22.7 Å². The summed E-state index contributed by atoms with van der Waals surface area (Å²) < 4.78 is 11.1. The van der Waals surface area contributed by atoms with Crippen LogP contribution in [0.25, 0.3) is 11.5 Å². The van der Waals surface area contributed by atoms with E-state index in [1.165, 1.54) is 0 Å². The van der Waals surface area contributed by atoms with E-state index in [0.29, 0.717) is 18.3 Å². The van der Waals surface area contributed by atoms with Crippen molar-refractivity contribution < 1.29 is 14.4 Å². The Balaban J connectivity index is 1.85. The van der Waals surface area contributed by atoms with Crippen LogP contribution in [0.5, 0.6) is 5.75 Å². The molecule has 2 aromatic rings. The highest BCUT2D eigenvalue weighted by atomic mass is 16.5. The summed E-state index contributed by atoms with van der Waals surface area (Å²) in [4.78, 5) is 6.73. The maximum atomic E-state index is 9.76. The molecule has 1 N–H and O–H groups in total. The number of phenols is 1. The second-order valence-electron chi connectivity index (χ2n) is 5.16. The zero-order valence-corrected chi connectivity index (χ0v) is 12.2. The van der Waals surface area contributed by atoms with Crippen molar-refractivity contribution >= 4 is 0 Å². The molecule has 0 saturated carbocycles. The van der Waals surface area contributed by atoms with Crippen LogP contribution in [0.2, 0.25) is 0 Å². The van der Waals surface area contributed by atoms with Gasteiger partial charge in [0.05, 0.1) is 6.61 Å². The van der Waals surface area contributed by atoms with Crippen molar-refractivity contribution in [3.05, 3.63) is 29.6 Å². The molecule has 21 heavy (non-hydrogen) atoms. The van der Waals surface area contributed by atoms with Crippen molar-refractivity contribution in [2.45, 2.75) is 20.0 Å². The SMILES string of the molecule is CCN1CCOC(c2noc(-c3cccc(O)c3C)n2)C1. The van der Waals surface area contributed by atoms with E-state index in [0.717, 1.165) is 30.8 Å². The van der Waals surface area contributed by atoms with Crippen LogP contribution in [-0.2, 0) is 4.74 Å². The molecule has 0 amide bonds. The quantitative estimate of drug-likeness (QED) is 0.933. The zero-order chi connectivity index (χ0) is 14.8. The first-order chi connectivity index (χ1) is 10.2. The van der Waals surface area contributed by atoms with Gasteiger partial charge in [0.25, 0.3) is 5.89 Å². The third-order valence-electron chi connectivity index (χ3n) is 3.86. The van der Waals surface area contributed by atoms with Gasteiger partial charge >= 0.3 is 0 Å². The van der Waals surface area contributed by atoms with E-state index in [1.807, 2.05) is 13.0 Å². The molecule has 0 spiro atoms. The van der Waals surface area contributed by atoms with Crippen LogP contribution in [0, 0.1) is 6.92 Å². The number of ether oxygens (including phenoxy) is 1. The third kappa shape index (κ3) is 2.77. The highest BCUT2D eigenvalue weighted by Gasteiger charge is 2.26. The second kappa shape index (κ2) is 5.83. The molecule has 112 valence electrons. The summed E-state index contributed by atoms with van der Waals surface area (Å²) in [6.45, 7) is 7.31. The van der Waals surface area contributed by atoms with Crippen LogP contribution in [0.3, 0.4) is 0 Å². The fourth-order valence-corrected chi connectivity index (χ4v) is 2.48. The lowest BCUT2D eigenvalue weighted by molar-refractivity contribution is -0.0334. The molecular weight excluding hydrogens is 270 g/mol. The van der Waals surface area contributed by atoms with Crippen molar-refractivity contribution in [1.29, 1.82) is 0 Å². The summed E-state index contributed by atoms with van der Waals surface area (Å²) in [7, 11) is 0. The number of nitrogens with zero attached hydrogens (tertiary/aromatic N) is 3. The maximum absolute atomic E-state index is 9.76. The minimum atomic E-state index is -0.159. The van der Waals surface area contributed by atoms with E-state index in [2.05, 4.69) is 22.0 Å². The van der Waals surface area contributed by atoms with Gasteiger partial charge in [-0.3, -0.25) is 4.90 Å². The average molecular weight is 289 g/mol. The highest BCUT2D eigenvalue weighted by Crippen LogP contribution is 2.29. The Morgan fingerprint density at radius 3 is 3.10 bits per heavy atom. The molecule has 3 rings (SSSR count). The van der Waals surface area contributed by atoms with Gasteiger partial charge in [-0.05, 0) is 25.6 Å². The Hall–Kier alpha value is -1.92. The van der Waals surface area contributed by atoms with E-state index in [4.69, 9.17) is 9.26 Å². The summed E-state index contributed by atoms with van der Waals surface area (Å²) in [5.41, 5.74) is 1.48. The van der Waals surface area contributed by atoms with Crippen molar-refractivity contribution in [1.82, 2.24) is 15.0 Å². The molecule has 0 aliphatic carbocycles. The summed E-state index contributed by atoms with van der Waals surface area (Å²) >= 11 is 0. The van der Waals surface area contributed by atoms with E-state index < -0.39 is 0 Å². The number of hydrogen-bond donors (Lipinski definition) is 1. The van der Waals surface area contributed by atoms with Crippen LogP contribution in [-0.4, -0.2) is 46.4 Å². The van der Waals surface area contributed by atoms with E-state index in [1.54, 1.807) is 12.1 Å². The predicted molar refractivity (Wildman–Crippen MR) is 76.9 cm³/mol. The molecule has 6 nitrogen and oxygen atoms in total. The van der Waals surface area contributed by atoms with Crippen molar-refractivity contribution in [2.24, 2.45) is 0 Å². The topological polar surface area (TPSA) is 71.6 Å². The number of aromatic hydroxyl groups is 1. The number of morpholine rings is 1. The normalized spacial score (nSPS) is 19.8. The summed E-state index contributed by atoms with van der Waals surface area (Å²) in [5, 5.41) is 13.8. The molecule has 1 atom stereocenters. The van der Waals surface area contributed by atoms with Crippen molar-refractivity contribution in [3.63, 3.8) is 0 Å². The first-order valence-electron chi connectivity index (χ1n) is 7.15. The first kappa shape index (κ1) is 14.0. The molecule has 1 fully saturated rings. The van der Waals surface area contributed by atoms with Gasteiger partial charge in [0.15, 0.2) is 0 Å². The van der Waals surface area contributed by atoms with Gasteiger partial charge in [0.1, 0.15) is 11.9 Å². The van der Waals surface area contributed by atoms with Gasteiger partial charge in [0.2, 0.25) is 5.82 Å². The lowest BCUT2D eigenvalue weighted by Crippen LogP contribution is -2.38. The lowest BCUT2D eigenvalue weighted by atomic mass is 10.1. The Bertz CT molecular complexity index is 626. The Morgan fingerprint density at radius 2 is 2.29 bits per heavy atom. The molecule has 6 heteroatoms. The van der Waals surface area contributed by atoms with Crippen molar-refractivity contribution in [3.8, 4) is 17.2 Å². The average Bonchev–Trinajstić information content (AvgIpc) is 3.00. The van der Waals surface area contributed by atoms with Crippen molar-refractivity contribution in [2.75, 3.05) is 26.2 Å². The number of rotatable bonds is 3. The van der Waals surface area contributed by atoms with Crippen LogP contribution >= 0.6 is 0 Å². The molecule has 1 saturated heterocycles. The zero-order valence-electron chi connectivity index (χ0n) is 12.2. The molecule has 1 unspecified atom stereocenters. The van der Waals surface area contributed by atoms with Gasteiger partial charge < -0.3 is 14.4 Å². The summed E-state index contributed by atoms with van der Waals surface area (Å²) in [6, 6.07) is 5.25. The number of hydrogen-bond acceptors (Lipinski definition) is 6. The van der Waals surface area contributed by atoms with Gasteiger partial charge in [-0.2, -0.15) is 4.98 Å². The van der Waals surface area contributed by atoms with E-state index in [-0.39, 0.29) is 11.9 Å². The van der Waals surface area contributed by atoms with Crippen LogP contribution in [0.4, 0.5) is 0 Å². The standard InChI is InChI=1S/C15H19N3O3/c1-3-18-7-8-20-13(9-18)14-16-15(21-17-14)11-5-4-6-12(19)10(11)2/h4-6,13,19H,3,7-9H2,1-2H3. The molecule has 1 aliphatic heterocycles. The smallest absolute Gasteiger partial charge is 0.258 e. The van der Waals surface area contributed by atoms with Gasteiger partial charge in [-0.25, -0.2) is 0 Å². The monoisotopic (exact) mass is 289 g/mol. The number of likely N-dealkylation sites (N-methyl/N-ethyl adjacent to an activating group) is 1. The first-order valence-corrected chi connectivity index (χ1v) is 7.15. The van der Waals surface area contributed by atoms with E-state index in [9.17, 15) is 5.11 Å². The van der Waals surface area contributed by atoms with E-state index >= 15 is 0 Å². The molecule has 0 bridgehead atoms. The fourth-order valence-electron chi connectivity index (χ4n) is 2.48. The molecule has 1 aromatic heterocycles. The Morgan fingerprint density at radius 1 is 1.43 bits per heavy atom. The minimum absolute atomic E-state index is 0.159. The Kier molecular flexibility index (Phi) is 3.90. The highest BCUT2D eigenvalue weighted by molar-refractivity contribution is 5.61. The minimum Gasteiger partial charge on any atom is -0.508 e. The molecule has 0 radical (unpaired) electrons. The van der Waals surface area contributed by atoms with Gasteiger partial charge in [-0.15, -0.1) is 0 Å². The number of aromatic nitrogens is 2. The molecular formula is C15H19N3O3. The number of benzene rings is 1. The van der Waals surface area contributed by atoms with Gasteiger partial charge in [-0.1, -0.05) is 18.1 Å². The largest absolute Gasteiger partial charge is 0.508 e. The maximum Gasteiger partial charge on any atom is 0.258 e. The molecule has 2 heterocycles. The number of phenolic OH excluding ortho intramolecular Hbond substituents is 1. The predicted octanol–water partition coefficient (Wildman–Crippen LogP) is 2.14. The lowest BCUT2D eigenvalue weighted by Gasteiger charge is -2.30. The van der Waals surface area contributed by atoms with Crippen LogP contribution < -0.4 is 0 Å². The fraction of sp³-hybridized carbons (Fsp3) is 0.467. The molecule has 1 aromatic carbocycles. The van der Waals surface area contributed by atoms with Gasteiger partial charge in [0, 0.05) is 24.2 Å². The summed E-state index contributed by atoms with van der Waals surface area (Å²) in [5.74, 6) is 1.19. The third-order valence-corrected chi connectivity index (χ3v) is 3.86.